The SMILES string of the molecule is C=C(C(F)(F)F)C(F)(F)CCCCCCCC. The van der Waals surface area contributed by atoms with Crippen LogP contribution in [0.25, 0.3) is 0 Å². The van der Waals surface area contributed by atoms with Gasteiger partial charge in [-0.3, -0.25) is 0 Å². The number of halogens is 5. The number of hydrogen-bond donors (Lipinski definition) is 0. The van der Waals surface area contributed by atoms with Gasteiger partial charge in [0, 0.05) is 6.42 Å². The standard InChI is InChI=1S/C12H19F5/c1-3-4-5-6-7-8-9-11(13,14)10(2)12(15,16)17/h2-9H2,1H3. The minimum Gasteiger partial charge on any atom is -0.201 e. The molecule has 0 saturated carbocycles. The van der Waals surface area contributed by atoms with Crippen LogP contribution in [0, 0.1) is 0 Å². The van der Waals surface area contributed by atoms with Crippen molar-refractivity contribution in [2.45, 2.75) is 64.0 Å². The van der Waals surface area contributed by atoms with Crippen LogP contribution in [-0.2, 0) is 0 Å². The molecule has 5 heteroatoms. The summed E-state index contributed by atoms with van der Waals surface area (Å²) < 4.78 is 62.3. The molecule has 0 radical (unpaired) electrons. The molecule has 0 nitrogen and oxygen atoms in total. The lowest BCUT2D eigenvalue weighted by atomic mass is 10.0. The maximum absolute atomic E-state index is 13.1. The van der Waals surface area contributed by atoms with Gasteiger partial charge in [-0.2, -0.15) is 13.2 Å². The molecular formula is C12H19F5. The Labute approximate surface area is 98.9 Å². The summed E-state index contributed by atoms with van der Waals surface area (Å²) in [4.78, 5) is 0. The highest BCUT2D eigenvalue weighted by atomic mass is 19.4. The third kappa shape index (κ3) is 6.64. The average molecular weight is 258 g/mol. The molecule has 0 aliphatic heterocycles. The van der Waals surface area contributed by atoms with Crippen molar-refractivity contribution < 1.29 is 22.0 Å². The zero-order valence-corrected chi connectivity index (χ0v) is 10.0. The van der Waals surface area contributed by atoms with E-state index in [4.69, 9.17) is 0 Å². The van der Waals surface area contributed by atoms with Crippen molar-refractivity contribution in [3.8, 4) is 0 Å². The van der Waals surface area contributed by atoms with Crippen molar-refractivity contribution in [1.82, 2.24) is 0 Å². The molecule has 0 saturated heterocycles. The van der Waals surface area contributed by atoms with E-state index in [9.17, 15) is 22.0 Å². The van der Waals surface area contributed by atoms with Gasteiger partial charge in [-0.25, -0.2) is 8.78 Å². The Hall–Kier alpha value is -0.610. The molecule has 0 amide bonds. The smallest absolute Gasteiger partial charge is 0.201 e. The number of rotatable bonds is 8. The quantitative estimate of drug-likeness (QED) is 0.307. The Balaban J connectivity index is 3.90. The normalized spacial score (nSPS) is 12.8. The first kappa shape index (κ1) is 16.4. The minimum absolute atomic E-state index is 0.103. The van der Waals surface area contributed by atoms with Crippen molar-refractivity contribution >= 4 is 0 Å². The molecule has 17 heavy (non-hydrogen) atoms. The van der Waals surface area contributed by atoms with Crippen molar-refractivity contribution in [2.75, 3.05) is 0 Å². The molecule has 0 spiro atoms. The number of allylic oxidation sites excluding steroid dienone is 1. The lowest BCUT2D eigenvalue weighted by Crippen LogP contribution is -2.29. The number of unbranched alkanes of at least 4 members (excludes halogenated alkanes) is 5. The van der Waals surface area contributed by atoms with Gasteiger partial charge in [0.25, 0.3) is 5.92 Å². The van der Waals surface area contributed by atoms with E-state index in [1.807, 2.05) is 6.92 Å². The van der Waals surface area contributed by atoms with Gasteiger partial charge in [0.2, 0.25) is 0 Å². The van der Waals surface area contributed by atoms with Gasteiger partial charge in [-0.15, -0.1) is 0 Å². The maximum Gasteiger partial charge on any atom is 0.417 e. The zero-order chi connectivity index (χ0) is 13.5. The molecule has 0 aromatic rings. The van der Waals surface area contributed by atoms with Gasteiger partial charge in [-0.05, 0) is 6.42 Å². The topological polar surface area (TPSA) is 0 Å². The molecule has 0 N–H and O–H groups in total. The number of alkyl halides is 5. The third-order valence-corrected chi connectivity index (χ3v) is 2.63. The predicted molar refractivity (Wildman–Crippen MR) is 58.1 cm³/mol. The molecule has 0 atom stereocenters. The fourth-order valence-corrected chi connectivity index (χ4v) is 1.49. The molecular weight excluding hydrogens is 239 g/mol. The second-order valence-corrected chi connectivity index (χ2v) is 4.20. The highest BCUT2D eigenvalue weighted by Crippen LogP contribution is 2.39. The van der Waals surface area contributed by atoms with Crippen LogP contribution in [0.5, 0.6) is 0 Å². The first-order valence-corrected chi connectivity index (χ1v) is 5.86. The van der Waals surface area contributed by atoms with Crippen molar-refractivity contribution in [3.05, 3.63) is 12.2 Å². The van der Waals surface area contributed by atoms with Crippen LogP contribution in [-0.4, -0.2) is 12.1 Å². The summed E-state index contributed by atoms with van der Waals surface area (Å²) in [6.07, 6.45) is -1.31. The van der Waals surface area contributed by atoms with E-state index in [-0.39, 0.29) is 6.42 Å². The molecule has 0 heterocycles. The third-order valence-electron chi connectivity index (χ3n) is 2.63. The summed E-state index contributed by atoms with van der Waals surface area (Å²) >= 11 is 0. The summed E-state index contributed by atoms with van der Waals surface area (Å²) in [5, 5.41) is 0. The molecule has 0 unspecified atom stereocenters. The summed E-state index contributed by atoms with van der Waals surface area (Å²) in [5.41, 5.74) is -1.93. The molecule has 0 aliphatic carbocycles. The number of hydrogen-bond acceptors (Lipinski definition) is 0. The van der Waals surface area contributed by atoms with Gasteiger partial charge in [0.05, 0.1) is 5.57 Å². The Morgan fingerprint density at radius 3 is 1.82 bits per heavy atom. The molecule has 0 rings (SSSR count). The lowest BCUT2D eigenvalue weighted by Gasteiger charge is -2.20. The van der Waals surface area contributed by atoms with Crippen LogP contribution in [0.1, 0.15) is 51.9 Å². The van der Waals surface area contributed by atoms with Crippen molar-refractivity contribution in [1.29, 1.82) is 0 Å². The van der Waals surface area contributed by atoms with E-state index < -0.39 is 24.1 Å². The minimum atomic E-state index is -5.01. The Kier molecular flexibility index (Phi) is 6.72. The maximum atomic E-state index is 13.1. The van der Waals surface area contributed by atoms with Crippen LogP contribution < -0.4 is 0 Å². The molecule has 102 valence electrons. The Morgan fingerprint density at radius 2 is 1.35 bits per heavy atom. The largest absolute Gasteiger partial charge is 0.417 e. The molecule has 0 aromatic heterocycles. The molecule has 0 bridgehead atoms. The summed E-state index contributed by atoms with van der Waals surface area (Å²) in [6.45, 7) is 4.48. The summed E-state index contributed by atoms with van der Waals surface area (Å²) in [5.74, 6) is -3.83. The first-order chi connectivity index (χ1) is 7.72. The monoisotopic (exact) mass is 258 g/mol. The van der Waals surface area contributed by atoms with Crippen LogP contribution in [0.2, 0.25) is 0 Å². The lowest BCUT2D eigenvalue weighted by molar-refractivity contribution is -0.130. The predicted octanol–water partition coefficient (Wildman–Crippen LogP) is 5.49. The molecule has 0 fully saturated rings. The van der Waals surface area contributed by atoms with Crippen LogP contribution >= 0.6 is 0 Å². The van der Waals surface area contributed by atoms with Gasteiger partial charge in [-0.1, -0.05) is 45.6 Å². The van der Waals surface area contributed by atoms with E-state index in [0.717, 1.165) is 25.7 Å². The first-order valence-electron chi connectivity index (χ1n) is 5.86. The highest BCUT2D eigenvalue weighted by Gasteiger charge is 2.47. The van der Waals surface area contributed by atoms with Gasteiger partial charge in [0.15, 0.2) is 0 Å². The van der Waals surface area contributed by atoms with E-state index in [1.165, 1.54) is 0 Å². The second-order valence-electron chi connectivity index (χ2n) is 4.20. The van der Waals surface area contributed by atoms with Gasteiger partial charge in [0.1, 0.15) is 0 Å². The highest BCUT2D eigenvalue weighted by molar-refractivity contribution is 5.13. The molecule has 0 aliphatic rings. The van der Waals surface area contributed by atoms with E-state index >= 15 is 0 Å². The van der Waals surface area contributed by atoms with Crippen molar-refractivity contribution in [2.24, 2.45) is 0 Å². The average Bonchev–Trinajstić information content (AvgIpc) is 2.20. The molecule has 0 aromatic carbocycles. The fourth-order valence-electron chi connectivity index (χ4n) is 1.49. The van der Waals surface area contributed by atoms with Gasteiger partial charge < -0.3 is 0 Å². The Bertz CT molecular complexity index is 230. The van der Waals surface area contributed by atoms with Gasteiger partial charge >= 0.3 is 6.18 Å². The summed E-state index contributed by atoms with van der Waals surface area (Å²) in [6, 6.07) is 0. The fraction of sp³-hybridized carbons (Fsp3) is 0.833. The van der Waals surface area contributed by atoms with Crippen LogP contribution in [0.15, 0.2) is 12.2 Å². The summed E-state index contributed by atoms with van der Waals surface area (Å²) in [7, 11) is 0. The second kappa shape index (κ2) is 6.97. The van der Waals surface area contributed by atoms with Crippen molar-refractivity contribution in [3.63, 3.8) is 0 Å². The Morgan fingerprint density at radius 1 is 0.882 bits per heavy atom. The van der Waals surface area contributed by atoms with E-state index in [0.29, 0.717) is 6.42 Å². The van der Waals surface area contributed by atoms with Crippen LogP contribution in [0.4, 0.5) is 22.0 Å². The van der Waals surface area contributed by atoms with E-state index in [2.05, 4.69) is 6.58 Å². The van der Waals surface area contributed by atoms with Crippen LogP contribution in [0.3, 0.4) is 0 Å². The van der Waals surface area contributed by atoms with E-state index in [1.54, 1.807) is 0 Å². The zero-order valence-electron chi connectivity index (χ0n) is 10.0.